The second kappa shape index (κ2) is 6.91. The lowest BCUT2D eigenvalue weighted by atomic mass is 10.2. The van der Waals surface area contributed by atoms with E-state index in [1.165, 1.54) is 6.20 Å². The Morgan fingerprint density at radius 1 is 1.32 bits per heavy atom. The molecule has 0 bridgehead atoms. The number of aromatic nitrogens is 4. The Morgan fingerprint density at radius 3 is 2.73 bits per heavy atom. The predicted molar refractivity (Wildman–Crippen MR) is 70.0 cm³/mol. The highest BCUT2D eigenvalue weighted by atomic mass is 19.4. The first-order chi connectivity index (χ1) is 10.4. The minimum atomic E-state index is -4.56. The molecule has 2 rings (SSSR count). The molecule has 0 aliphatic rings. The standard InChI is InChI=1S/C13H17F3N4O2/c1-2-3-4-10-17-11(22-19-10)8-20-7-9(5-6-21)12(18-20)13(14,15)16/h7,21H,2-6,8H2,1H3. The van der Waals surface area contributed by atoms with Crippen molar-refractivity contribution < 1.29 is 22.8 Å². The largest absolute Gasteiger partial charge is 0.435 e. The first-order valence-electron chi connectivity index (χ1n) is 7.00. The second-order valence-corrected chi connectivity index (χ2v) is 4.88. The van der Waals surface area contributed by atoms with Crippen LogP contribution in [0.15, 0.2) is 10.7 Å². The van der Waals surface area contributed by atoms with E-state index in [9.17, 15) is 13.2 Å². The number of unbranched alkanes of at least 4 members (excludes halogenated alkanes) is 1. The van der Waals surface area contributed by atoms with Gasteiger partial charge in [-0.3, -0.25) is 4.68 Å². The Balaban J connectivity index is 2.14. The third-order valence-electron chi connectivity index (χ3n) is 3.05. The molecule has 2 aromatic heterocycles. The van der Waals surface area contributed by atoms with E-state index in [-0.39, 0.29) is 31.0 Å². The van der Waals surface area contributed by atoms with Gasteiger partial charge in [-0.15, -0.1) is 0 Å². The molecule has 0 amide bonds. The predicted octanol–water partition coefficient (Wildman–Crippen LogP) is 2.21. The zero-order valence-electron chi connectivity index (χ0n) is 12.1. The van der Waals surface area contributed by atoms with E-state index in [4.69, 9.17) is 9.63 Å². The summed E-state index contributed by atoms with van der Waals surface area (Å²) in [6.45, 7) is 1.62. The monoisotopic (exact) mass is 318 g/mol. The van der Waals surface area contributed by atoms with Crippen LogP contribution >= 0.6 is 0 Å². The molecule has 0 saturated carbocycles. The van der Waals surface area contributed by atoms with E-state index in [1.54, 1.807) is 0 Å². The Hall–Kier alpha value is -1.90. The third kappa shape index (κ3) is 4.06. The lowest BCUT2D eigenvalue weighted by Gasteiger charge is -2.04. The molecular weight excluding hydrogens is 301 g/mol. The Labute approximate surface area is 124 Å². The molecule has 0 aliphatic carbocycles. The summed E-state index contributed by atoms with van der Waals surface area (Å²) in [5.74, 6) is 0.744. The zero-order chi connectivity index (χ0) is 16.2. The van der Waals surface area contributed by atoms with E-state index in [1.807, 2.05) is 6.92 Å². The van der Waals surface area contributed by atoms with E-state index < -0.39 is 11.9 Å². The van der Waals surface area contributed by atoms with Gasteiger partial charge in [-0.1, -0.05) is 18.5 Å². The van der Waals surface area contributed by atoms with Gasteiger partial charge in [0, 0.05) is 24.8 Å². The normalized spacial score (nSPS) is 12.0. The van der Waals surface area contributed by atoms with Crippen LogP contribution in [0.3, 0.4) is 0 Å². The SMILES string of the molecule is CCCCc1noc(Cn2cc(CCO)c(C(F)(F)F)n2)n1. The summed E-state index contributed by atoms with van der Waals surface area (Å²) in [6, 6.07) is 0. The summed E-state index contributed by atoms with van der Waals surface area (Å²) < 4.78 is 44.7. The van der Waals surface area contributed by atoms with Crippen LogP contribution in [0.25, 0.3) is 0 Å². The van der Waals surface area contributed by atoms with E-state index >= 15 is 0 Å². The van der Waals surface area contributed by atoms with Crippen LogP contribution in [-0.2, 0) is 25.6 Å². The number of hydrogen-bond donors (Lipinski definition) is 1. The van der Waals surface area contributed by atoms with Gasteiger partial charge in [0.2, 0.25) is 5.89 Å². The topological polar surface area (TPSA) is 77.0 Å². The summed E-state index contributed by atoms with van der Waals surface area (Å²) >= 11 is 0. The van der Waals surface area contributed by atoms with Crippen LogP contribution in [0.4, 0.5) is 13.2 Å². The van der Waals surface area contributed by atoms with Gasteiger partial charge < -0.3 is 9.63 Å². The molecule has 6 nitrogen and oxygen atoms in total. The van der Waals surface area contributed by atoms with Crippen molar-refractivity contribution in [3.63, 3.8) is 0 Å². The second-order valence-electron chi connectivity index (χ2n) is 4.88. The van der Waals surface area contributed by atoms with Crippen LogP contribution in [-0.4, -0.2) is 31.6 Å². The number of aryl methyl sites for hydroxylation is 1. The van der Waals surface area contributed by atoms with Gasteiger partial charge in [-0.25, -0.2) is 0 Å². The number of nitrogens with zero attached hydrogens (tertiary/aromatic N) is 4. The summed E-state index contributed by atoms with van der Waals surface area (Å²) in [5, 5.41) is 16.1. The van der Waals surface area contributed by atoms with Crippen molar-refractivity contribution in [2.24, 2.45) is 0 Å². The molecule has 0 unspecified atom stereocenters. The number of hydrogen-bond acceptors (Lipinski definition) is 5. The molecule has 0 fully saturated rings. The average molecular weight is 318 g/mol. The maximum absolute atomic E-state index is 12.9. The summed E-state index contributed by atoms with van der Waals surface area (Å²) in [5.41, 5.74) is -1.05. The van der Waals surface area contributed by atoms with Crippen LogP contribution < -0.4 is 0 Å². The number of alkyl halides is 3. The fourth-order valence-electron chi connectivity index (χ4n) is 2.02. The van der Waals surface area contributed by atoms with Gasteiger partial charge in [0.05, 0.1) is 0 Å². The molecule has 0 atom stereocenters. The van der Waals surface area contributed by atoms with Gasteiger partial charge in [0.1, 0.15) is 6.54 Å². The highest BCUT2D eigenvalue weighted by molar-refractivity contribution is 5.20. The van der Waals surface area contributed by atoms with Crippen molar-refractivity contribution in [2.75, 3.05) is 6.61 Å². The molecule has 0 radical (unpaired) electrons. The van der Waals surface area contributed by atoms with Crippen molar-refractivity contribution in [3.05, 3.63) is 29.2 Å². The quantitative estimate of drug-likeness (QED) is 0.847. The molecule has 0 saturated heterocycles. The number of halogens is 3. The van der Waals surface area contributed by atoms with E-state index in [2.05, 4.69) is 15.2 Å². The summed E-state index contributed by atoms with van der Waals surface area (Å²) in [7, 11) is 0. The smallest absolute Gasteiger partial charge is 0.396 e. The number of aliphatic hydroxyl groups excluding tert-OH is 1. The highest BCUT2D eigenvalue weighted by Crippen LogP contribution is 2.31. The van der Waals surface area contributed by atoms with Crippen LogP contribution in [0.1, 0.15) is 42.7 Å². The van der Waals surface area contributed by atoms with Gasteiger partial charge >= 0.3 is 6.18 Å². The molecule has 0 aromatic carbocycles. The Kier molecular flexibility index (Phi) is 5.17. The first-order valence-corrected chi connectivity index (χ1v) is 7.00. The zero-order valence-corrected chi connectivity index (χ0v) is 12.1. The molecule has 1 N–H and O–H groups in total. The number of rotatable bonds is 7. The van der Waals surface area contributed by atoms with Gasteiger partial charge in [-0.2, -0.15) is 23.3 Å². The van der Waals surface area contributed by atoms with Gasteiger partial charge in [0.15, 0.2) is 11.5 Å². The summed E-state index contributed by atoms with van der Waals surface area (Å²) in [6.07, 6.45) is -0.850. The fraction of sp³-hybridized carbons (Fsp3) is 0.615. The van der Waals surface area contributed by atoms with Crippen molar-refractivity contribution in [1.29, 1.82) is 0 Å². The van der Waals surface area contributed by atoms with Crippen LogP contribution in [0, 0.1) is 0 Å². The molecule has 2 heterocycles. The van der Waals surface area contributed by atoms with Gasteiger partial charge in [0.25, 0.3) is 0 Å². The van der Waals surface area contributed by atoms with Crippen LogP contribution in [0.5, 0.6) is 0 Å². The molecule has 22 heavy (non-hydrogen) atoms. The lowest BCUT2D eigenvalue weighted by molar-refractivity contribution is -0.142. The third-order valence-corrected chi connectivity index (χ3v) is 3.05. The summed E-state index contributed by atoms with van der Waals surface area (Å²) in [4.78, 5) is 4.12. The lowest BCUT2D eigenvalue weighted by Crippen LogP contribution is -2.11. The minimum absolute atomic E-state index is 0.0341. The molecule has 2 aromatic rings. The maximum Gasteiger partial charge on any atom is 0.435 e. The molecular formula is C13H17F3N4O2. The fourth-order valence-corrected chi connectivity index (χ4v) is 2.02. The van der Waals surface area contributed by atoms with Crippen LogP contribution in [0.2, 0.25) is 0 Å². The first kappa shape index (κ1) is 16.5. The van der Waals surface area contributed by atoms with Crippen molar-refractivity contribution in [2.45, 2.75) is 45.3 Å². The molecule has 0 spiro atoms. The van der Waals surface area contributed by atoms with Crippen molar-refractivity contribution in [3.8, 4) is 0 Å². The maximum atomic E-state index is 12.9. The van der Waals surface area contributed by atoms with Gasteiger partial charge in [-0.05, 0) is 12.8 Å². The Bertz CT molecular complexity index is 607. The Morgan fingerprint density at radius 2 is 2.09 bits per heavy atom. The molecule has 9 heteroatoms. The molecule has 0 aliphatic heterocycles. The molecule has 122 valence electrons. The highest BCUT2D eigenvalue weighted by Gasteiger charge is 2.37. The van der Waals surface area contributed by atoms with Crippen molar-refractivity contribution in [1.82, 2.24) is 19.9 Å². The average Bonchev–Trinajstić information content (AvgIpc) is 3.04. The van der Waals surface area contributed by atoms with E-state index in [0.717, 1.165) is 17.5 Å². The van der Waals surface area contributed by atoms with Crippen molar-refractivity contribution >= 4 is 0 Å². The number of aliphatic hydroxyl groups is 1. The van der Waals surface area contributed by atoms with E-state index in [0.29, 0.717) is 12.2 Å². The minimum Gasteiger partial charge on any atom is -0.396 e.